The topological polar surface area (TPSA) is 58.6 Å². The van der Waals surface area contributed by atoms with E-state index < -0.39 is 34.3 Å². The first-order chi connectivity index (χ1) is 13.9. The number of halogens is 6. The van der Waals surface area contributed by atoms with E-state index in [0.717, 1.165) is 37.1 Å². The van der Waals surface area contributed by atoms with Gasteiger partial charge in [0.05, 0.1) is 28.6 Å². The van der Waals surface area contributed by atoms with Crippen LogP contribution in [-0.4, -0.2) is 26.9 Å². The summed E-state index contributed by atoms with van der Waals surface area (Å²) in [4.78, 5) is 0. The molecular formula is C19H17F6NO3S. The summed E-state index contributed by atoms with van der Waals surface area (Å²) in [6.45, 7) is 0. The Morgan fingerprint density at radius 2 is 1.30 bits per heavy atom. The summed E-state index contributed by atoms with van der Waals surface area (Å²) >= 11 is 0. The normalized spacial score (nSPS) is 20.6. The first kappa shape index (κ1) is 22.4. The first-order valence-corrected chi connectivity index (χ1v) is 10.3. The molecule has 2 heterocycles. The van der Waals surface area contributed by atoms with Gasteiger partial charge in [0.2, 0.25) is 0 Å². The summed E-state index contributed by atoms with van der Waals surface area (Å²) in [5.74, 6) is 1.03. The van der Waals surface area contributed by atoms with Gasteiger partial charge in [-0.15, -0.1) is 0 Å². The smallest absolute Gasteiger partial charge is 0.416 e. The third-order valence-electron chi connectivity index (χ3n) is 4.46. The van der Waals surface area contributed by atoms with Crippen LogP contribution in [-0.2, 0) is 23.2 Å². The number of hydrogen-bond donors (Lipinski definition) is 2. The lowest BCUT2D eigenvalue weighted by atomic mass is 10.1. The molecule has 0 unspecified atom stereocenters. The number of fused-ring (bicyclic) bond motifs is 2. The fourth-order valence-electron chi connectivity index (χ4n) is 2.82. The van der Waals surface area contributed by atoms with Gasteiger partial charge >= 0.3 is 12.4 Å². The molecule has 2 aliphatic heterocycles. The molecule has 4 nitrogen and oxygen atoms in total. The van der Waals surface area contributed by atoms with Crippen molar-refractivity contribution in [3.63, 3.8) is 0 Å². The maximum Gasteiger partial charge on any atom is 0.416 e. The van der Waals surface area contributed by atoms with Crippen LogP contribution in [0.4, 0.5) is 37.7 Å². The number of nitrogens with one attached hydrogen (secondary N) is 1. The van der Waals surface area contributed by atoms with Crippen molar-refractivity contribution in [2.45, 2.75) is 31.3 Å². The SMILES string of the molecule is FC(F)(F)c1ccc2c(c1)Oc1cc(C(F)(F)F)ccc1N2.O=S1CCC(O)CC1. The molecule has 0 aromatic heterocycles. The molecule has 2 aliphatic rings. The van der Waals surface area contributed by atoms with E-state index in [2.05, 4.69) is 5.32 Å². The lowest BCUT2D eigenvalue weighted by Gasteiger charge is -2.23. The highest BCUT2D eigenvalue weighted by molar-refractivity contribution is 7.85. The van der Waals surface area contributed by atoms with Gasteiger partial charge in [0.1, 0.15) is 0 Å². The molecular weight excluding hydrogens is 436 g/mol. The summed E-state index contributed by atoms with van der Waals surface area (Å²) < 4.78 is 91.7. The summed E-state index contributed by atoms with van der Waals surface area (Å²) in [6.07, 6.45) is -7.84. The van der Waals surface area contributed by atoms with Gasteiger partial charge in [0.25, 0.3) is 0 Å². The number of aliphatic hydroxyl groups excluding tert-OH is 1. The van der Waals surface area contributed by atoms with Crippen LogP contribution in [0.2, 0.25) is 0 Å². The Morgan fingerprint density at radius 1 is 0.867 bits per heavy atom. The molecule has 0 atom stereocenters. The van der Waals surface area contributed by atoms with Crippen molar-refractivity contribution < 1.29 is 40.4 Å². The highest BCUT2D eigenvalue weighted by Gasteiger charge is 2.34. The Morgan fingerprint density at radius 3 is 1.67 bits per heavy atom. The Bertz CT molecular complexity index is 873. The molecule has 2 aromatic carbocycles. The van der Waals surface area contributed by atoms with Crippen LogP contribution in [0.25, 0.3) is 0 Å². The van der Waals surface area contributed by atoms with Crippen molar-refractivity contribution in [1.82, 2.24) is 0 Å². The molecule has 0 amide bonds. The number of hydrogen-bond acceptors (Lipinski definition) is 4. The van der Waals surface area contributed by atoms with E-state index in [1.54, 1.807) is 0 Å². The van der Waals surface area contributed by atoms with Gasteiger partial charge < -0.3 is 15.2 Å². The van der Waals surface area contributed by atoms with Crippen molar-refractivity contribution in [3.8, 4) is 11.5 Å². The number of benzene rings is 2. The van der Waals surface area contributed by atoms with E-state index in [-0.39, 0.29) is 29.0 Å². The second kappa shape index (κ2) is 8.46. The van der Waals surface area contributed by atoms with Crippen LogP contribution in [0.15, 0.2) is 36.4 Å². The largest absolute Gasteiger partial charge is 0.453 e. The monoisotopic (exact) mass is 453 g/mol. The Labute approximate surface area is 170 Å². The molecule has 1 saturated heterocycles. The third kappa shape index (κ3) is 5.45. The second-order valence-corrected chi connectivity index (χ2v) is 8.42. The standard InChI is InChI=1S/C14H7F6NO.C5H10O2S/c15-13(16,17)7-1-3-9-11(5-7)22-12-6-8(14(18,19)20)2-4-10(12)21-9;6-5-1-3-8(7)4-2-5/h1-6,21H;5-6H,1-4H2. The summed E-state index contributed by atoms with van der Waals surface area (Å²) in [5.41, 5.74) is -1.38. The molecule has 0 radical (unpaired) electrons. The number of alkyl halides is 6. The van der Waals surface area contributed by atoms with Crippen molar-refractivity contribution in [2.24, 2.45) is 0 Å². The zero-order valence-corrected chi connectivity index (χ0v) is 16.1. The highest BCUT2D eigenvalue weighted by Crippen LogP contribution is 2.46. The van der Waals surface area contributed by atoms with Crippen LogP contribution in [0, 0.1) is 0 Å². The molecule has 11 heteroatoms. The first-order valence-electron chi connectivity index (χ1n) is 8.84. The Kier molecular flexibility index (Phi) is 6.32. The maximum absolute atomic E-state index is 12.6. The lowest BCUT2D eigenvalue weighted by Crippen LogP contribution is -2.21. The van der Waals surface area contributed by atoms with Crippen LogP contribution < -0.4 is 10.1 Å². The fourth-order valence-corrected chi connectivity index (χ4v) is 4.09. The molecule has 2 aromatic rings. The number of ether oxygens (including phenoxy) is 1. The van der Waals surface area contributed by atoms with E-state index in [4.69, 9.17) is 9.84 Å². The third-order valence-corrected chi connectivity index (χ3v) is 5.85. The lowest BCUT2D eigenvalue weighted by molar-refractivity contribution is -0.138. The molecule has 30 heavy (non-hydrogen) atoms. The molecule has 164 valence electrons. The zero-order chi connectivity index (χ0) is 22.1. The molecule has 0 bridgehead atoms. The van der Waals surface area contributed by atoms with Gasteiger partial charge in [0.15, 0.2) is 11.5 Å². The molecule has 4 rings (SSSR count). The van der Waals surface area contributed by atoms with Gasteiger partial charge in [-0.05, 0) is 49.2 Å². The number of rotatable bonds is 0. The van der Waals surface area contributed by atoms with E-state index in [0.29, 0.717) is 11.5 Å². The second-order valence-electron chi connectivity index (χ2n) is 6.72. The minimum atomic E-state index is -4.56. The number of aliphatic hydroxyl groups is 1. The molecule has 0 saturated carbocycles. The van der Waals surface area contributed by atoms with Crippen molar-refractivity contribution in [1.29, 1.82) is 0 Å². The van der Waals surface area contributed by atoms with Crippen LogP contribution in [0.5, 0.6) is 11.5 Å². The average Bonchev–Trinajstić information content (AvgIpc) is 2.67. The Hall–Kier alpha value is -2.27. The molecule has 0 aliphatic carbocycles. The number of anilines is 2. The average molecular weight is 453 g/mol. The van der Waals surface area contributed by atoms with E-state index in [1.165, 1.54) is 12.1 Å². The minimum absolute atomic E-state index is 0.173. The van der Waals surface area contributed by atoms with Gasteiger partial charge in [-0.25, -0.2) is 0 Å². The van der Waals surface area contributed by atoms with Crippen LogP contribution in [0.3, 0.4) is 0 Å². The van der Waals surface area contributed by atoms with E-state index in [1.807, 2.05) is 0 Å². The highest BCUT2D eigenvalue weighted by atomic mass is 32.2. The van der Waals surface area contributed by atoms with Crippen molar-refractivity contribution in [2.75, 3.05) is 16.8 Å². The molecule has 2 N–H and O–H groups in total. The van der Waals surface area contributed by atoms with Gasteiger partial charge in [0, 0.05) is 22.3 Å². The van der Waals surface area contributed by atoms with Gasteiger partial charge in [-0.2, -0.15) is 26.3 Å². The van der Waals surface area contributed by atoms with Gasteiger partial charge in [-0.3, -0.25) is 4.21 Å². The summed E-state index contributed by atoms with van der Waals surface area (Å²) in [7, 11) is -0.621. The van der Waals surface area contributed by atoms with E-state index in [9.17, 15) is 30.6 Å². The Balaban J connectivity index is 0.000000269. The van der Waals surface area contributed by atoms with Crippen molar-refractivity contribution in [3.05, 3.63) is 47.5 Å². The molecule has 1 fully saturated rings. The van der Waals surface area contributed by atoms with Gasteiger partial charge in [-0.1, -0.05) is 0 Å². The minimum Gasteiger partial charge on any atom is -0.453 e. The van der Waals surface area contributed by atoms with E-state index >= 15 is 0 Å². The van der Waals surface area contributed by atoms with Crippen molar-refractivity contribution >= 4 is 22.2 Å². The quantitative estimate of drug-likeness (QED) is 0.444. The molecule has 0 spiro atoms. The predicted molar refractivity (Wildman–Crippen MR) is 99.4 cm³/mol. The fraction of sp³-hybridized carbons (Fsp3) is 0.368. The van der Waals surface area contributed by atoms with Crippen LogP contribution in [0.1, 0.15) is 24.0 Å². The van der Waals surface area contributed by atoms with Crippen LogP contribution >= 0.6 is 0 Å². The maximum atomic E-state index is 12.6. The summed E-state index contributed by atoms with van der Waals surface area (Å²) in [5, 5.41) is 11.6. The predicted octanol–water partition coefficient (Wildman–Crippen LogP) is 5.46. The zero-order valence-electron chi connectivity index (χ0n) is 15.3. The summed E-state index contributed by atoms with van der Waals surface area (Å²) in [6, 6.07) is 5.54.